The van der Waals surface area contributed by atoms with Gasteiger partial charge in [-0.05, 0) is 36.6 Å². The highest BCUT2D eigenvalue weighted by molar-refractivity contribution is 7.97. The van der Waals surface area contributed by atoms with Crippen LogP contribution in [-0.2, 0) is 25.2 Å². The molecule has 1 aliphatic carbocycles. The van der Waals surface area contributed by atoms with Crippen LogP contribution in [0.1, 0.15) is 44.9 Å². The molecule has 2 aliphatic rings. The largest absolute Gasteiger partial charge is 0.460 e. The summed E-state index contributed by atoms with van der Waals surface area (Å²) in [6, 6.07) is 0. The van der Waals surface area contributed by atoms with E-state index in [2.05, 4.69) is 0 Å². The summed E-state index contributed by atoms with van der Waals surface area (Å²) in [4.78, 5) is 11.6. The van der Waals surface area contributed by atoms with Crippen molar-refractivity contribution < 1.29 is 14.3 Å². The molecule has 0 aromatic heterocycles. The molecule has 0 spiro atoms. The molecule has 104 valence electrons. The zero-order chi connectivity index (χ0) is 12.6. The van der Waals surface area contributed by atoms with Gasteiger partial charge in [0.05, 0.1) is 12.7 Å². The van der Waals surface area contributed by atoms with E-state index in [1.54, 1.807) is 0 Å². The highest BCUT2D eigenvalue weighted by Gasteiger charge is 2.27. The second-order valence-corrected chi connectivity index (χ2v) is 7.55. The van der Waals surface area contributed by atoms with Gasteiger partial charge in [0.2, 0.25) is 5.75 Å². The van der Waals surface area contributed by atoms with Crippen molar-refractivity contribution in [2.45, 2.75) is 51.0 Å². The first kappa shape index (κ1) is 14.2. The van der Waals surface area contributed by atoms with Gasteiger partial charge in [-0.25, -0.2) is 4.79 Å². The Hall–Kier alpha value is -0.220. The van der Waals surface area contributed by atoms with Crippen LogP contribution in [0.3, 0.4) is 0 Å². The van der Waals surface area contributed by atoms with E-state index in [0.29, 0.717) is 36.0 Å². The standard InChI is InChI=1S/C14H25O3S/c15-14(12-18-10-4-5-11-18)17-9-8-16-13-6-2-1-3-7-13/h13H,1-12H2/q+1. The third kappa shape index (κ3) is 5.19. The van der Waals surface area contributed by atoms with Crippen molar-refractivity contribution in [2.75, 3.05) is 30.5 Å². The molecule has 2 fully saturated rings. The van der Waals surface area contributed by atoms with E-state index in [-0.39, 0.29) is 5.97 Å². The summed E-state index contributed by atoms with van der Waals surface area (Å²) in [5.74, 6) is 3.08. The number of carbonyl (C=O) groups excluding carboxylic acids is 1. The minimum atomic E-state index is -0.0209. The first-order chi connectivity index (χ1) is 8.84. The Bertz CT molecular complexity index is 245. The van der Waals surface area contributed by atoms with E-state index >= 15 is 0 Å². The molecule has 0 N–H and O–H groups in total. The lowest BCUT2D eigenvalue weighted by atomic mass is 9.98. The summed E-state index contributed by atoms with van der Waals surface area (Å²) in [7, 11) is 0.318. The lowest BCUT2D eigenvalue weighted by Crippen LogP contribution is -2.23. The Kier molecular flexibility index (Phi) is 6.35. The molecule has 1 heterocycles. The Morgan fingerprint density at radius 1 is 1.00 bits per heavy atom. The molecule has 0 aromatic carbocycles. The highest BCUT2D eigenvalue weighted by Crippen LogP contribution is 2.20. The van der Waals surface area contributed by atoms with E-state index in [0.717, 1.165) is 0 Å². The van der Waals surface area contributed by atoms with Crippen molar-refractivity contribution >= 4 is 16.9 Å². The summed E-state index contributed by atoms with van der Waals surface area (Å²) in [6.45, 7) is 1.01. The molecule has 3 nitrogen and oxygen atoms in total. The third-order valence-electron chi connectivity index (χ3n) is 3.69. The minimum Gasteiger partial charge on any atom is -0.460 e. The molecule has 0 amide bonds. The van der Waals surface area contributed by atoms with Gasteiger partial charge in [-0.1, -0.05) is 19.3 Å². The second kappa shape index (κ2) is 8.05. The van der Waals surface area contributed by atoms with E-state index in [1.807, 2.05) is 0 Å². The Labute approximate surface area is 113 Å². The Morgan fingerprint density at radius 2 is 1.72 bits per heavy atom. The molecule has 0 radical (unpaired) electrons. The van der Waals surface area contributed by atoms with Gasteiger partial charge in [0.15, 0.2) is 0 Å². The SMILES string of the molecule is O=C(C[S+]1CCCC1)OCCOC1CCCCC1. The summed E-state index contributed by atoms with van der Waals surface area (Å²) in [5.41, 5.74) is 0. The van der Waals surface area contributed by atoms with Crippen LogP contribution < -0.4 is 0 Å². The van der Waals surface area contributed by atoms with Crippen LogP contribution in [0.25, 0.3) is 0 Å². The van der Waals surface area contributed by atoms with E-state index in [4.69, 9.17) is 9.47 Å². The number of hydrogen-bond acceptors (Lipinski definition) is 3. The van der Waals surface area contributed by atoms with Crippen LogP contribution in [0.2, 0.25) is 0 Å². The highest BCUT2D eigenvalue weighted by atomic mass is 32.2. The zero-order valence-electron chi connectivity index (χ0n) is 11.2. The van der Waals surface area contributed by atoms with Crippen LogP contribution in [0.4, 0.5) is 0 Å². The van der Waals surface area contributed by atoms with Crippen LogP contribution in [-0.4, -0.2) is 42.5 Å². The average molecular weight is 273 g/mol. The van der Waals surface area contributed by atoms with Crippen LogP contribution in [0, 0.1) is 0 Å². The molecule has 18 heavy (non-hydrogen) atoms. The summed E-state index contributed by atoms with van der Waals surface area (Å²) in [6.07, 6.45) is 9.27. The number of esters is 1. The topological polar surface area (TPSA) is 35.5 Å². The van der Waals surface area contributed by atoms with Crippen molar-refractivity contribution in [3.05, 3.63) is 0 Å². The van der Waals surface area contributed by atoms with Gasteiger partial charge in [-0.15, -0.1) is 0 Å². The maximum Gasteiger partial charge on any atom is 0.356 e. The maximum absolute atomic E-state index is 11.6. The van der Waals surface area contributed by atoms with E-state index in [9.17, 15) is 4.79 Å². The molecular formula is C14H25O3S+. The maximum atomic E-state index is 11.6. The molecule has 2 rings (SSSR count). The van der Waals surface area contributed by atoms with Crippen LogP contribution >= 0.6 is 0 Å². The first-order valence-electron chi connectivity index (χ1n) is 7.26. The lowest BCUT2D eigenvalue weighted by molar-refractivity contribution is -0.142. The molecule has 4 heteroatoms. The minimum absolute atomic E-state index is 0.0209. The Balaban J connectivity index is 1.47. The molecule has 0 bridgehead atoms. The van der Waals surface area contributed by atoms with Gasteiger partial charge >= 0.3 is 5.97 Å². The van der Waals surface area contributed by atoms with Crippen LogP contribution in [0.15, 0.2) is 0 Å². The number of hydrogen-bond donors (Lipinski definition) is 0. The number of ether oxygens (including phenoxy) is 2. The van der Waals surface area contributed by atoms with Gasteiger partial charge in [0, 0.05) is 0 Å². The Morgan fingerprint density at radius 3 is 2.44 bits per heavy atom. The smallest absolute Gasteiger partial charge is 0.356 e. The van der Waals surface area contributed by atoms with Crippen molar-refractivity contribution in [3.8, 4) is 0 Å². The molecule has 0 atom stereocenters. The van der Waals surface area contributed by atoms with Gasteiger partial charge < -0.3 is 9.47 Å². The monoisotopic (exact) mass is 273 g/mol. The van der Waals surface area contributed by atoms with E-state index in [1.165, 1.54) is 56.5 Å². The zero-order valence-corrected chi connectivity index (χ0v) is 12.0. The molecule has 1 aliphatic heterocycles. The second-order valence-electron chi connectivity index (χ2n) is 5.22. The fourth-order valence-corrected chi connectivity index (χ4v) is 4.80. The fourth-order valence-electron chi connectivity index (χ4n) is 2.67. The lowest BCUT2D eigenvalue weighted by Gasteiger charge is -2.21. The molecule has 1 saturated carbocycles. The summed E-state index contributed by atoms with van der Waals surface area (Å²) >= 11 is 0. The normalized spacial score (nSPS) is 22.2. The van der Waals surface area contributed by atoms with E-state index < -0.39 is 0 Å². The predicted octanol–water partition coefficient (Wildman–Crippen LogP) is 2.29. The predicted molar refractivity (Wildman–Crippen MR) is 75.0 cm³/mol. The van der Waals surface area contributed by atoms with Crippen LogP contribution in [0.5, 0.6) is 0 Å². The summed E-state index contributed by atoms with van der Waals surface area (Å²) < 4.78 is 11.0. The van der Waals surface area contributed by atoms with Crippen molar-refractivity contribution in [3.63, 3.8) is 0 Å². The first-order valence-corrected chi connectivity index (χ1v) is 8.99. The van der Waals surface area contributed by atoms with Crippen molar-refractivity contribution in [1.29, 1.82) is 0 Å². The number of rotatable bonds is 6. The van der Waals surface area contributed by atoms with Gasteiger partial charge in [-0.2, -0.15) is 0 Å². The van der Waals surface area contributed by atoms with Crippen molar-refractivity contribution in [1.82, 2.24) is 0 Å². The quantitative estimate of drug-likeness (QED) is 0.423. The van der Waals surface area contributed by atoms with Gasteiger partial charge in [-0.3, -0.25) is 0 Å². The molecule has 1 saturated heterocycles. The summed E-state index contributed by atoms with van der Waals surface area (Å²) in [5, 5.41) is 0. The molecule has 0 unspecified atom stereocenters. The van der Waals surface area contributed by atoms with Crippen molar-refractivity contribution in [2.24, 2.45) is 0 Å². The fraction of sp³-hybridized carbons (Fsp3) is 0.929. The number of carbonyl (C=O) groups is 1. The molecular weight excluding hydrogens is 248 g/mol. The third-order valence-corrected chi connectivity index (χ3v) is 6.07. The average Bonchev–Trinajstić information content (AvgIpc) is 2.89. The van der Waals surface area contributed by atoms with Gasteiger partial charge in [0.25, 0.3) is 0 Å². The molecule has 0 aromatic rings. The van der Waals surface area contributed by atoms with Gasteiger partial charge in [0.1, 0.15) is 18.1 Å².